The maximum atomic E-state index is 11.2. The smallest absolute Gasteiger partial charge is 0.248 e. The summed E-state index contributed by atoms with van der Waals surface area (Å²) in [6.45, 7) is 0.478. The van der Waals surface area contributed by atoms with Gasteiger partial charge in [-0.3, -0.25) is 4.79 Å². The second-order valence-electron chi connectivity index (χ2n) is 4.96. The summed E-state index contributed by atoms with van der Waals surface area (Å²) in [6, 6.07) is 14.4. The number of amides is 1. The molecule has 0 aliphatic heterocycles. The molecule has 5 heteroatoms. The van der Waals surface area contributed by atoms with Crippen LogP contribution in [0.5, 0.6) is 5.75 Å². The van der Waals surface area contributed by atoms with E-state index in [2.05, 4.69) is 5.32 Å². The number of carbonyl (C=O) groups is 1. The summed E-state index contributed by atoms with van der Waals surface area (Å²) < 4.78 is 5.19. The van der Waals surface area contributed by atoms with Crippen LogP contribution in [0.3, 0.4) is 0 Å². The average Bonchev–Trinajstić information content (AvgIpc) is 2.56. The van der Waals surface area contributed by atoms with Crippen LogP contribution >= 0.6 is 0 Å². The second kappa shape index (κ2) is 7.59. The Kier molecular flexibility index (Phi) is 5.52. The van der Waals surface area contributed by atoms with Crippen LogP contribution in [0.15, 0.2) is 48.5 Å². The number of carbonyl (C=O) groups excluding carboxylic acids is 1. The molecule has 0 saturated heterocycles. The van der Waals surface area contributed by atoms with Gasteiger partial charge in [-0.05, 0) is 35.4 Å². The predicted molar refractivity (Wildman–Crippen MR) is 84.6 cm³/mol. The van der Waals surface area contributed by atoms with E-state index in [1.54, 1.807) is 25.3 Å². The molecule has 2 aromatic rings. The van der Waals surface area contributed by atoms with Crippen molar-refractivity contribution in [2.75, 3.05) is 13.7 Å². The first kappa shape index (κ1) is 16.0. The van der Waals surface area contributed by atoms with Crippen molar-refractivity contribution < 1.29 is 14.6 Å². The number of primary amides is 1. The van der Waals surface area contributed by atoms with Gasteiger partial charge in [0.25, 0.3) is 0 Å². The second-order valence-corrected chi connectivity index (χ2v) is 4.96. The number of hydrogen-bond donors (Lipinski definition) is 3. The van der Waals surface area contributed by atoms with Crippen molar-refractivity contribution in [2.45, 2.75) is 12.6 Å². The van der Waals surface area contributed by atoms with E-state index >= 15 is 0 Å². The lowest BCUT2D eigenvalue weighted by molar-refractivity contribution is 0.1000. The van der Waals surface area contributed by atoms with Crippen molar-refractivity contribution in [3.8, 4) is 5.75 Å². The Labute approximate surface area is 129 Å². The van der Waals surface area contributed by atoms with Crippen LogP contribution in [0.25, 0.3) is 0 Å². The van der Waals surface area contributed by atoms with E-state index in [0.717, 1.165) is 16.9 Å². The largest absolute Gasteiger partial charge is 0.497 e. The molecule has 2 aromatic carbocycles. The number of rotatable bonds is 7. The van der Waals surface area contributed by atoms with Crippen molar-refractivity contribution >= 4 is 5.91 Å². The minimum absolute atomic E-state index is 0.0390. The normalized spacial score (nSPS) is 11.9. The first-order valence-electron chi connectivity index (χ1n) is 7.01. The SMILES string of the molecule is COc1cccc(C(CO)NCc2cccc(C(N)=O)c2)c1. The van der Waals surface area contributed by atoms with E-state index < -0.39 is 5.91 Å². The Balaban J connectivity index is 2.07. The Morgan fingerprint density at radius 2 is 2.05 bits per heavy atom. The molecule has 0 heterocycles. The number of aliphatic hydroxyl groups excluding tert-OH is 1. The summed E-state index contributed by atoms with van der Waals surface area (Å²) in [7, 11) is 1.61. The highest BCUT2D eigenvalue weighted by atomic mass is 16.5. The molecular weight excluding hydrogens is 280 g/mol. The summed E-state index contributed by atoms with van der Waals surface area (Å²) in [6.07, 6.45) is 0. The number of hydrogen-bond acceptors (Lipinski definition) is 4. The number of nitrogens with one attached hydrogen (secondary N) is 1. The van der Waals surface area contributed by atoms with Gasteiger partial charge in [0.1, 0.15) is 5.75 Å². The average molecular weight is 300 g/mol. The van der Waals surface area contributed by atoms with E-state index in [9.17, 15) is 9.90 Å². The number of nitrogens with two attached hydrogens (primary N) is 1. The molecule has 5 nitrogen and oxygen atoms in total. The van der Waals surface area contributed by atoms with Gasteiger partial charge in [-0.15, -0.1) is 0 Å². The molecular formula is C17H20N2O3. The van der Waals surface area contributed by atoms with Crippen molar-refractivity contribution in [3.05, 3.63) is 65.2 Å². The quantitative estimate of drug-likeness (QED) is 0.725. The molecule has 0 fully saturated rings. The predicted octanol–water partition coefficient (Wildman–Crippen LogP) is 1.62. The van der Waals surface area contributed by atoms with Gasteiger partial charge >= 0.3 is 0 Å². The highest BCUT2D eigenvalue weighted by Gasteiger charge is 2.11. The molecule has 0 radical (unpaired) electrons. The molecule has 0 bridgehead atoms. The fourth-order valence-corrected chi connectivity index (χ4v) is 2.22. The first-order chi connectivity index (χ1) is 10.6. The van der Waals surface area contributed by atoms with E-state index in [1.807, 2.05) is 30.3 Å². The molecule has 1 amide bonds. The van der Waals surface area contributed by atoms with Crippen molar-refractivity contribution in [3.63, 3.8) is 0 Å². The summed E-state index contributed by atoms with van der Waals surface area (Å²) in [5, 5.41) is 12.8. The van der Waals surface area contributed by atoms with Crippen LogP contribution < -0.4 is 15.8 Å². The van der Waals surface area contributed by atoms with E-state index in [4.69, 9.17) is 10.5 Å². The van der Waals surface area contributed by atoms with Crippen LogP contribution in [0, 0.1) is 0 Å². The van der Waals surface area contributed by atoms with Crippen LogP contribution in [0.2, 0.25) is 0 Å². The van der Waals surface area contributed by atoms with Gasteiger partial charge < -0.3 is 20.9 Å². The summed E-state index contributed by atoms with van der Waals surface area (Å²) >= 11 is 0. The van der Waals surface area contributed by atoms with Gasteiger partial charge in [-0.1, -0.05) is 24.3 Å². The van der Waals surface area contributed by atoms with Crippen LogP contribution in [0.4, 0.5) is 0 Å². The number of ether oxygens (including phenoxy) is 1. The minimum Gasteiger partial charge on any atom is -0.497 e. The molecule has 0 aliphatic carbocycles. The third-order valence-electron chi connectivity index (χ3n) is 3.44. The van der Waals surface area contributed by atoms with E-state index in [1.165, 1.54) is 0 Å². The molecule has 0 spiro atoms. The zero-order valence-electron chi connectivity index (χ0n) is 12.5. The molecule has 116 valence electrons. The van der Waals surface area contributed by atoms with Crippen LogP contribution in [0.1, 0.15) is 27.5 Å². The molecule has 22 heavy (non-hydrogen) atoms. The number of methoxy groups -OCH3 is 1. The maximum absolute atomic E-state index is 11.2. The zero-order valence-corrected chi connectivity index (χ0v) is 12.5. The van der Waals surface area contributed by atoms with Gasteiger partial charge in [0.2, 0.25) is 5.91 Å². The Morgan fingerprint density at radius 3 is 2.73 bits per heavy atom. The first-order valence-corrected chi connectivity index (χ1v) is 7.01. The third kappa shape index (κ3) is 4.07. The Bertz CT molecular complexity index is 643. The third-order valence-corrected chi connectivity index (χ3v) is 3.44. The van der Waals surface area contributed by atoms with E-state index in [-0.39, 0.29) is 12.6 Å². The highest BCUT2D eigenvalue weighted by Crippen LogP contribution is 2.19. The van der Waals surface area contributed by atoms with Gasteiger partial charge in [-0.2, -0.15) is 0 Å². The molecule has 0 aliphatic rings. The van der Waals surface area contributed by atoms with Gasteiger partial charge in [0.15, 0.2) is 0 Å². The summed E-state index contributed by atoms with van der Waals surface area (Å²) in [4.78, 5) is 11.2. The lowest BCUT2D eigenvalue weighted by Gasteiger charge is -2.17. The molecule has 4 N–H and O–H groups in total. The summed E-state index contributed by atoms with van der Waals surface area (Å²) in [5.74, 6) is 0.293. The Morgan fingerprint density at radius 1 is 1.27 bits per heavy atom. The molecule has 2 rings (SSSR count). The molecule has 0 aromatic heterocycles. The van der Waals surface area contributed by atoms with Crippen molar-refractivity contribution in [1.29, 1.82) is 0 Å². The fraction of sp³-hybridized carbons (Fsp3) is 0.235. The number of aliphatic hydroxyl groups is 1. The molecule has 1 atom stereocenters. The lowest BCUT2D eigenvalue weighted by Crippen LogP contribution is -2.24. The van der Waals surface area contributed by atoms with Gasteiger partial charge in [-0.25, -0.2) is 0 Å². The van der Waals surface area contributed by atoms with Crippen molar-refractivity contribution in [1.82, 2.24) is 5.32 Å². The number of benzene rings is 2. The Hall–Kier alpha value is -2.37. The fourth-order valence-electron chi connectivity index (χ4n) is 2.22. The topological polar surface area (TPSA) is 84.6 Å². The molecule has 1 unspecified atom stereocenters. The molecule has 0 saturated carbocycles. The zero-order chi connectivity index (χ0) is 15.9. The standard InChI is InChI=1S/C17H20N2O3/c1-22-15-7-3-5-13(9-15)16(11-20)19-10-12-4-2-6-14(8-12)17(18)21/h2-9,16,19-20H,10-11H2,1H3,(H2,18,21). The van der Waals surface area contributed by atoms with Crippen LogP contribution in [-0.4, -0.2) is 24.7 Å². The van der Waals surface area contributed by atoms with Gasteiger partial charge in [0.05, 0.1) is 19.8 Å². The van der Waals surface area contributed by atoms with Crippen molar-refractivity contribution in [2.24, 2.45) is 5.73 Å². The van der Waals surface area contributed by atoms with Crippen LogP contribution in [-0.2, 0) is 6.54 Å². The summed E-state index contributed by atoms with van der Waals surface area (Å²) in [5.41, 5.74) is 7.61. The van der Waals surface area contributed by atoms with E-state index in [0.29, 0.717) is 12.1 Å². The maximum Gasteiger partial charge on any atom is 0.248 e. The minimum atomic E-state index is -0.451. The lowest BCUT2D eigenvalue weighted by atomic mass is 10.1. The highest BCUT2D eigenvalue weighted by molar-refractivity contribution is 5.92. The monoisotopic (exact) mass is 300 g/mol. The van der Waals surface area contributed by atoms with Gasteiger partial charge in [0, 0.05) is 12.1 Å².